The molecule has 0 aliphatic carbocycles. The first-order chi connectivity index (χ1) is 10.7. The van der Waals surface area contributed by atoms with Gasteiger partial charge in [-0.05, 0) is 19.1 Å². The van der Waals surface area contributed by atoms with Gasteiger partial charge in [0.1, 0.15) is 11.9 Å². The molecule has 1 aliphatic rings. The van der Waals surface area contributed by atoms with Crippen LogP contribution in [0.3, 0.4) is 0 Å². The van der Waals surface area contributed by atoms with Gasteiger partial charge >= 0.3 is 6.03 Å². The van der Waals surface area contributed by atoms with Gasteiger partial charge in [0.2, 0.25) is 0 Å². The van der Waals surface area contributed by atoms with Crippen molar-refractivity contribution in [1.29, 1.82) is 0 Å². The van der Waals surface area contributed by atoms with Crippen LogP contribution >= 0.6 is 11.3 Å². The zero-order chi connectivity index (χ0) is 15.4. The van der Waals surface area contributed by atoms with Gasteiger partial charge in [-0.15, -0.1) is 11.3 Å². The van der Waals surface area contributed by atoms with E-state index in [1.807, 2.05) is 19.1 Å². The maximum Gasteiger partial charge on any atom is 0.317 e. The minimum Gasteiger partial charge on any atom is -0.487 e. The summed E-state index contributed by atoms with van der Waals surface area (Å²) in [4.78, 5) is 23.3. The summed E-state index contributed by atoms with van der Waals surface area (Å²) in [6, 6.07) is 3.67. The molecule has 0 spiro atoms. The fourth-order valence-electron chi connectivity index (χ4n) is 2.38. The van der Waals surface area contributed by atoms with E-state index in [1.165, 1.54) is 0 Å². The van der Waals surface area contributed by atoms with Crippen LogP contribution < -0.4 is 10.1 Å². The number of ether oxygens (including phenoxy) is 1. The number of amides is 2. The Labute approximate surface area is 133 Å². The van der Waals surface area contributed by atoms with Crippen LogP contribution in [0.15, 0.2) is 30.0 Å². The van der Waals surface area contributed by atoms with Crippen molar-refractivity contribution in [3.05, 3.63) is 40.6 Å². The summed E-state index contributed by atoms with van der Waals surface area (Å²) in [7, 11) is 0. The van der Waals surface area contributed by atoms with E-state index in [0.717, 1.165) is 22.7 Å². The van der Waals surface area contributed by atoms with Crippen LogP contribution in [0.25, 0.3) is 0 Å². The van der Waals surface area contributed by atoms with Crippen molar-refractivity contribution < 1.29 is 9.53 Å². The first-order valence-corrected chi connectivity index (χ1v) is 8.09. The minimum atomic E-state index is -0.0508. The number of rotatable bonds is 4. The van der Waals surface area contributed by atoms with Gasteiger partial charge in [-0.2, -0.15) is 0 Å². The molecule has 1 atom stereocenters. The Kier molecular flexibility index (Phi) is 4.53. The zero-order valence-corrected chi connectivity index (χ0v) is 13.2. The van der Waals surface area contributed by atoms with Crippen LogP contribution in [0.5, 0.6) is 5.75 Å². The van der Waals surface area contributed by atoms with Crippen molar-refractivity contribution in [2.24, 2.45) is 0 Å². The van der Waals surface area contributed by atoms with Gasteiger partial charge in [0.15, 0.2) is 0 Å². The molecule has 3 rings (SSSR count). The van der Waals surface area contributed by atoms with Gasteiger partial charge < -0.3 is 15.0 Å². The molecular weight excluding hydrogens is 300 g/mol. The molecule has 1 saturated heterocycles. The van der Waals surface area contributed by atoms with E-state index >= 15 is 0 Å². The molecule has 1 fully saturated rings. The molecular formula is C15H18N4O2S. The third kappa shape index (κ3) is 3.54. The summed E-state index contributed by atoms with van der Waals surface area (Å²) >= 11 is 1.56. The molecule has 0 aromatic carbocycles. The normalized spacial score (nSPS) is 17.5. The van der Waals surface area contributed by atoms with Crippen molar-refractivity contribution in [2.45, 2.75) is 26.0 Å². The number of aromatic nitrogens is 2. The van der Waals surface area contributed by atoms with Crippen LogP contribution in [0.1, 0.15) is 17.0 Å². The largest absolute Gasteiger partial charge is 0.487 e. The molecule has 2 aromatic rings. The predicted molar refractivity (Wildman–Crippen MR) is 83.9 cm³/mol. The Hall–Kier alpha value is -2.15. The monoisotopic (exact) mass is 318 g/mol. The highest BCUT2D eigenvalue weighted by atomic mass is 32.1. The number of likely N-dealkylation sites (tertiary alicyclic amines) is 1. The number of urea groups is 1. The van der Waals surface area contributed by atoms with E-state index in [4.69, 9.17) is 4.74 Å². The predicted octanol–water partition coefficient (Wildman–Crippen LogP) is 2.21. The Morgan fingerprint density at radius 2 is 2.50 bits per heavy atom. The highest BCUT2D eigenvalue weighted by Gasteiger charge is 2.27. The number of aryl methyl sites for hydroxylation is 1. The Morgan fingerprint density at radius 1 is 1.59 bits per heavy atom. The average molecular weight is 318 g/mol. The number of pyridine rings is 1. The van der Waals surface area contributed by atoms with Gasteiger partial charge in [-0.1, -0.05) is 0 Å². The Bertz CT molecular complexity index is 631. The molecule has 2 aromatic heterocycles. The number of hydrogen-bond acceptors (Lipinski definition) is 5. The second kappa shape index (κ2) is 6.74. The lowest BCUT2D eigenvalue weighted by atomic mass is 10.3. The van der Waals surface area contributed by atoms with Crippen molar-refractivity contribution in [1.82, 2.24) is 20.2 Å². The van der Waals surface area contributed by atoms with E-state index in [2.05, 4.69) is 15.3 Å². The van der Waals surface area contributed by atoms with E-state index in [-0.39, 0.29) is 12.1 Å². The first kappa shape index (κ1) is 14.8. The van der Waals surface area contributed by atoms with E-state index in [0.29, 0.717) is 19.6 Å². The van der Waals surface area contributed by atoms with Gasteiger partial charge in [-0.3, -0.25) is 4.98 Å². The highest BCUT2D eigenvalue weighted by Crippen LogP contribution is 2.17. The van der Waals surface area contributed by atoms with Crippen molar-refractivity contribution in [3.8, 4) is 5.75 Å². The number of nitrogens with zero attached hydrogens (tertiary/aromatic N) is 3. The fraction of sp³-hybridized carbons (Fsp3) is 0.400. The highest BCUT2D eigenvalue weighted by molar-refractivity contribution is 7.09. The van der Waals surface area contributed by atoms with E-state index in [9.17, 15) is 4.79 Å². The summed E-state index contributed by atoms with van der Waals surface area (Å²) in [5.41, 5.74) is 2.77. The summed E-state index contributed by atoms with van der Waals surface area (Å²) in [5.74, 6) is 0.745. The number of hydrogen-bond donors (Lipinski definition) is 1. The van der Waals surface area contributed by atoms with Gasteiger partial charge in [0, 0.05) is 24.0 Å². The van der Waals surface area contributed by atoms with Crippen LogP contribution in [0.4, 0.5) is 4.79 Å². The number of carbonyl (C=O) groups excluding carboxylic acids is 1. The molecule has 1 unspecified atom stereocenters. The maximum absolute atomic E-state index is 12.2. The van der Waals surface area contributed by atoms with Gasteiger partial charge in [-0.25, -0.2) is 9.78 Å². The first-order valence-electron chi connectivity index (χ1n) is 7.21. The molecule has 0 saturated carbocycles. The van der Waals surface area contributed by atoms with Crippen molar-refractivity contribution in [3.63, 3.8) is 0 Å². The lowest BCUT2D eigenvalue weighted by Crippen LogP contribution is -2.39. The third-order valence-electron chi connectivity index (χ3n) is 3.61. The van der Waals surface area contributed by atoms with E-state index < -0.39 is 0 Å². The van der Waals surface area contributed by atoms with Crippen molar-refractivity contribution >= 4 is 17.4 Å². The smallest absolute Gasteiger partial charge is 0.317 e. The van der Waals surface area contributed by atoms with Crippen LogP contribution in [0, 0.1) is 6.92 Å². The molecule has 22 heavy (non-hydrogen) atoms. The fourth-order valence-corrected chi connectivity index (χ4v) is 3.10. The number of nitrogens with one attached hydrogen (secondary N) is 1. The lowest BCUT2D eigenvalue weighted by Gasteiger charge is -2.17. The Morgan fingerprint density at radius 3 is 3.23 bits per heavy atom. The zero-order valence-electron chi connectivity index (χ0n) is 12.4. The van der Waals surface area contributed by atoms with Crippen LogP contribution in [-0.4, -0.2) is 40.1 Å². The van der Waals surface area contributed by atoms with Gasteiger partial charge in [0.25, 0.3) is 0 Å². The molecule has 2 amide bonds. The number of thiazole rings is 1. The molecule has 6 nitrogen and oxygen atoms in total. The second-order valence-electron chi connectivity index (χ2n) is 5.18. The number of carbonyl (C=O) groups is 1. The summed E-state index contributed by atoms with van der Waals surface area (Å²) in [6.45, 7) is 3.78. The second-order valence-corrected chi connectivity index (χ2v) is 6.12. The summed E-state index contributed by atoms with van der Waals surface area (Å²) in [6.07, 6.45) is 4.26. The molecule has 1 N–H and O–H groups in total. The Balaban J connectivity index is 1.47. The van der Waals surface area contributed by atoms with Crippen molar-refractivity contribution in [2.75, 3.05) is 13.1 Å². The lowest BCUT2D eigenvalue weighted by molar-refractivity contribution is 0.186. The molecule has 1 aliphatic heterocycles. The molecule has 0 radical (unpaired) electrons. The quantitative estimate of drug-likeness (QED) is 0.938. The SMILES string of the molecule is Cc1ncsc1CNC(=O)N1CCC(Oc2cccnc2)C1. The molecule has 3 heterocycles. The average Bonchev–Trinajstić information content (AvgIpc) is 3.15. The minimum absolute atomic E-state index is 0.0279. The molecule has 0 bridgehead atoms. The van der Waals surface area contributed by atoms with E-state index in [1.54, 1.807) is 34.1 Å². The molecule has 116 valence electrons. The van der Waals surface area contributed by atoms with Crippen LogP contribution in [-0.2, 0) is 6.54 Å². The van der Waals surface area contributed by atoms with Crippen LogP contribution in [0.2, 0.25) is 0 Å². The maximum atomic E-state index is 12.2. The van der Waals surface area contributed by atoms with Gasteiger partial charge in [0.05, 0.1) is 30.5 Å². The topological polar surface area (TPSA) is 67.4 Å². The summed E-state index contributed by atoms with van der Waals surface area (Å²) < 4.78 is 5.83. The third-order valence-corrected chi connectivity index (χ3v) is 4.55. The summed E-state index contributed by atoms with van der Waals surface area (Å²) in [5, 5.41) is 2.94. The molecule has 7 heteroatoms. The standard InChI is InChI=1S/C15H18N4O2S/c1-11-14(22-10-18-11)8-17-15(20)19-6-4-13(9-19)21-12-3-2-5-16-7-12/h2-3,5,7,10,13H,4,6,8-9H2,1H3,(H,17,20).